The number of fused-ring (bicyclic) bond motifs is 1. The summed E-state index contributed by atoms with van der Waals surface area (Å²) in [4.78, 5) is 13.1. The van der Waals surface area contributed by atoms with Crippen molar-refractivity contribution >= 4 is 40.1 Å². The molecule has 140 valence electrons. The lowest BCUT2D eigenvalue weighted by molar-refractivity contribution is 0.896. The van der Waals surface area contributed by atoms with E-state index in [9.17, 15) is 0 Å². The van der Waals surface area contributed by atoms with Gasteiger partial charge >= 0.3 is 0 Å². The van der Waals surface area contributed by atoms with Crippen LogP contribution in [0, 0.1) is 0 Å². The average molecular weight is 388 g/mol. The molecule has 3 N–H and O–H groups in total. The summed E-state index contributed by atoms with van der Waals surface area (Å²) in [6, 6.07) is 24.7. The normalized spacial score (nSPS) is 12.0. The highest BCUT2D eigenvalue weighted by Crippen LogP contribution is 2.32. The summed E-state index contributed by atoms with van der Waals surface area (Å²) in [5.41, 5.74) is 8.14. The Labute approximate surface area is 168 Å². The highest BCUT2D eigenvalue weighted by molar-refractivity contribution is 7.98. The summed E-state index contributed by atoms with van der Waals surface area (Å²) in [5, 5.41) is 5.81. The van der Waals surface area contributed by atoms with Gasteiger partial charge in [0.25, 0.3) is 0 Å². The van der Waals surface area contributed by atoms with Gasteiger partial charge < -0.3 is 11.1 Å². The van der Waals surface area contributed by atoms with Crippen LogP contribution in [0.15, 0.2) is 72.8 Å². The molecule has 5 nitrogen and oxygen atoms in total. The van der Waals surface area contributed by atoms with Crippen LogP contribution in [-0.2, 0) is 5.75 Å². The second kappa shape index (κ2) is 8.27. The predicted octanol–water partition coefficient (Wildman–Crippen LogP) is 5.35. The number of nitrogens with two attached hydrogens (primary N) is 1. The van der Waals surface area contributed by atoms with E-state index in [4.69, 9.17) is 5.73 Å². The maximum Gasteiger partial charge on any atom is 0.232 e. The minimum absolute atomic E-state index is 0.0839. The number of hydrogen-bond acceptors (Lipinski definition) is 6. The Morgan fingerprint density at radius 1 is 0.893 bits per heavy atom. The van der Waals surface area contributed by atoms with E-state index in [1.165, 1.54) is 16.3 Å². The van der Waals surface area contributed by atoms with Gasteiger partial charge in [0, 0.05) is 11.4 Å². The lowest BCUT2D eigenvalue weighted by atomic mass is 10.1. The van der Waals surface area contributed by atoms with Crippen molar-refractivity contribution in [2.24, 2.45) is 0 Å². The maximum absolute atomic E-state index is 5.92. The Bertz CT molecular complexity index is 1080. The van der Waals surface area contributed by atoms with Crippen LogP contribution in [0.1, 0.15) is 23.6 Å². The third kappa shape index (κ3) is 4.23. The van der Waals surface area contributed by atoms with E-state index < -0.39 is 0 Å². The third-order valence-corrected chi connectivity index (χ3v) is 5.62. The largest absolute Gasteiger partial charge is 0.368 e. The minimum Gasteiger partial charge on any atom is -0.368 e. The number of nitrogen functional groups attached to an aromatic ring is 1. The average Bonchev–Trinajstić information content (AvgIpc) is 2.72. The number of anilines is 3. The number of benzene rings is 3. The molecule has 0 radical (unpaired) electrons. The predicted molar refractivity (Wildman–Crippen MR) is 118 cm³/mol. The molecule has 4 rings (SSSR count). The van der Waals surface area contributed by atoms with Crippen molar-refractivity contribution < 1.29 is 0 Å². The lowest BCUT2D eigenvalue weighted by Crippen LogP contribution is -2.08. The van der Waals surface area contributed by atoms with Crippen LogP contribution >= 0.6 is 11.8 Å². The quantitative estimate of drug-likeness (QED) is 0.465. The van der Waals surface area contributed by atoms with E-state index in [1.54, 1.807) is 11.8 Å². The first-order chi connectivity index (χ1) is 13.7. The zero-order chi connectivity index (χ0) is 19.3. The van der Waals surface area contributed by atoms with Crippen molar-refractivity contribution in [2.75, 3.05) is 11.1 Å². The molecule has 0 saturated heterocycles. The molecular weight excluding hydrogens is 366 g/mol. The topological polar surface area (TPSA) is 76.7 Å². The number of aromatic nitrogens is 3. The van der Waals surface area contributed by atoms with Gasteiger partial charge in [0.15, 0.2) is 0 Å². The lowest BCUT2D eigenvalue weighted by Gasteiger charge is -2.13. The summed E-state index contributed by atoms with van der Waals surface area (Å²) in [6.07, 6.45) is 0. The molecule has 4 aromatic rings. The van der Waals surface area contributed by atoms with Gasteiger partial charge in [0.05, 0.1) is 5.25 Å². The number of hydrogen-bond donors (Lipinski definition) is 2. The van der Waals surface area contributed by atoms with Gasteiger partial charge in [0.2, 0.25) is 11.9 Å². The van der Waals surface area contributed by atoms with Crippen LogP contribution in [0.3, 0.4) is 0 Å². The number of rotatable bonds is 6. The minimum atomic E-state index is 0.0839. The van der Waals surface area contributed by atoms with Crippen LogP contribution in [0.4, 0.5) is 17.6 Å². The Balaban J connectivity index is 1.50. The van der Waals surface area contributed by atoms with Crippen molar-refractivity contribution in [3.63, 3.8) is 0 Å². The molecule has 6 heteroatoms. The molecule has 1 heterocycles. The van der Waals surface area contributed by atoms with E-state index in [0.29, 0.717) is 11.8 Å². The first kappa shape index (κ1) is 18.3. The fourth-order valence-corrected chi connectivity index (χ4v) is 3.94. The SMILES string of the molecule is CC(SCc1cccc2ccccc12)c1nc(N)nc(Nc2ccccc2)n1. The molecule has 3 aromatic carbocycles. The van der Waals surface area contributed by atoms with E-state index in [1.807, 2.05) is 30.3 Å². The van der Waals surface area contributed by atoms with Gasteiger partial charge in [-0.05, 0) is 35.4 Å². The summed E-state index contributed by atoms with van der Waals surface area (Å²) in [6.45, 7) is 2.09. The van der Waals surface area contributed by atoms with Crippen LogP contribution in [0.25, 0.3) is 10.8 Å². The number of para-hydroxylation sites is 1. The van der Waals surface area contributed by atoms with Crippen LogP contribution in [0.5, 0.6) is 0 Å². The number of thioether (sulfide) groups is 1. The highest BCUT2D eigenvalue weighted by atomic mass is 32.2. The van der Waals surface area contributed by atoms with E-state index >= 15 is 0 Å². The Morgan fingerprint density at radius 2 is 1.64 bits per heavy atom. The van der Waals surface area contributed by atoms with Crippen LogP contribution in [0.2, 0.25) is 0 Å². The Kier molecular flexibility index (Phi) is 5.39. The van der Waals surface area contributed by atoms with Crippen molar-refractivity contribution in [3.05, 3.63) is 84.2 Å². The van der Waals surface area contributed by atoms with Gasteiger partial charge in [-0.3, -0.25) is 0 Å². The molecule has 1 aromatic heterocycles. The molecule has 0 amide bonds. The zero-order valence-corrected chi connectivity index (χ0v) is 16.4. The fourth-order valence-electron chi connectivity index (χ4n) is 3.01. The Morgan fingerprint density at radius 3 is 2.50 bits per heavy atom. The molecular formula is C22H21N5S. The first-order valence-electron chi connectivity index (χ1n) is 9.11. The molecule has 0 bridgehead atoms. The summed E-state index contributed by atoms with van der Waals surface area (Å²) < 4.78 is 0. The van der Waals surface area contributed by atoms with Gasteiger partial charge in [-0.25, -0.2) is 0 Å². The number of nitrogens with one attached hydrogen (secondary N) is 1. The van der Waals surface area contributed by atoms with Crippen LogP contribution < -0.4 is 11.1 Å². The van der Waals surface area contributed by atoms with E-state index in [0.717, 1.165) is 11.4 Å². The second-order valence-electron chi connectivity index (χ2n) is 6.46. The molecule has 1 unspecified atom stereocenters. The summed E-state index contributed by atoms with van der Waals surface area (Å²) in [7, 11) is 0. The maximum atomic E-state index is 5.92. The van der Waals surface area contributed by atoms with E-state index in [2.05, 4.69) is 69.7 Å². The van der Waals surface area contributed by atoms with Crippen molar-refractivity contribution in [1.29, 1.82) is 0 Å². The third-order valence-electron chi connectivity index (χ3n) is 4.43. The monoisotopic (exact) mass is 387 g/mol. The summed E-state index contributed by atoms with van der Waals surface area (Å²) >= 11 is 1.79. The van der Waals surface area contributed by atoms with Crippen molar-refractivity contribution in [1.82, 2.24) is 15.0 Å². The van der Waals surface area contributed by atoms with Gasteiger partial charge in [0.1, 0.15) is 5.82 Å². The molecule has 0 aliphatic carbocycles. The van der Waals surface area contributed by atoms with Gasteiger partial charge in [-0.1, -0.05) is 60.7 Å². The molecule has 0 aliphatic heterocycles. The zero-order valence-electron chi connectivity index (χ0n) is 15.5. The smallest absolute Gasteiger partial charge is 0.232 e. The Hall–Kier alpha value is -3.12. The standard InChI is InChI=1S/C22H21N5S/c1-15(28-14-17-10-7-9-16-8-5-6-13-19(16)17)20-25-21(23)27-22(26-20)24-18-11-3-2-4-12-18/h2-13,15H,14H2,1H3,(H3,23,24,25,26,27). The number of nitrogens with zero attached hydrogens (tertiary/aromatic N) is 3. The highest BCUT2D eigenvalue weighted by Gasteiger charge is 2.14. The van der Waals surface area contributed by atoms with Crippen molar-refractivity contribution in [2.45, 2.75) is 17.9 Å². The van der Waals surface area contributed by atoms with Crippen LogP contribution in [-0.4, -0.2) is 15.0 Å². The van der Waals surface area contributed by atoms with Crippen molar-refractivity contribution in [3.8, 4) is 0 Å². The molecule has 0 aliphatic rings. The molecule has 0 fully saturated rings. The summed E-state index contributed by atoms with van der Waals surface area (Å²) in [5.74, 6) is 2.23. The first-order valence-corrected chi connectivity index (χ1v) is 10.2. The molecule has 0 saturated carbocycles. The molecule has 0 spiro atoms. The second-order valence-corrected chi connectivity index (χ2v) is 7.79. The molecule has 28 heavy (non-hydrogen) atoms. The molecule has 1 atom stereocenters. The fraction of sp³-hybridized carbons (Fsp3) is 0.136. The van der Waals surface area contributed by atoms with Gasteiger partial charge in [-0.2, -0.15) is 15.0 Å². The van der Waals surface area contributed by atoms with Gasteiger partial charge in [-0.15, -0.1) is 11.8 Å². The van der Waals surface area contributed by atoms with E-state index in [-0.39, 0.29) is 11.2 Å².